The number of rotatable bonds is 3. The lowest BCUT2D eigenvalue weighted by Gasteiger charge is -2.12. The summed E-state index contributed by atoms with van der Waals surface area (Å²) in [5, 5.41) is 0. The van der Waals surface area contributed by atoms with Gasteiger partial charge in [-0.25, -0.2) is 10.8 Å². The highest BCUT2D eigenvalue weighted by Crippen LogP contribution is 2.27. The highest BCUT2D eigenvalue weighted by molar-refractivity contribution is 5.49. The van der Waals surface area contributed by atoms with Crippen molar-refractivity contribution in [3.05, 3.63) is 40.7 Å². The zero-order chi connectivity index (χ0) is 14.0. The van der Waals surface area contributed by atoms with Gasteiger partial charge in [0.25, 0.3) is 0 Å². The Balaban J connectivity index is 2.37. The molecule has 0 fully saturated rings. The second kappa shape index (κ2) is 5.24. The highest BCUT2D eigenvalue weighted by Gasteiger charge is 2.10. The Morgan fingerprint density at radius 1 is 1.05 bits per heavy atom. The number of anilines is 1. The molecule has 100 valence electrons. The number of nitrogens with two attached hydrogens (primary N) is 1. The van der Waals surface area contributed by atoms with Crippen LogP contribution < -0.4 is 16.0 Å². The van der Waals surface area contributed by atoms with Gasteiger partial charge >= 0.3 is 0 Å². The normalized spacial score (nSPS) is 10.4. The lowest BCUT2D eigenvalue weighted by molar-refractivity contribution is 0.455. The maximum atomic E-state index is 5.82. The van der Waals surface area contributed by atoms with E-state index in [0.717, 1.165) is 11.3 Å². The molecule has 5 heteroatoms. The van der Waals surface area contributed by atoms with Gasteiger partial charge in [0.05, 0.1) is 5.56 Å². The Morgan fingerprint density at radius 2 is 1.79 bits per heavy atom. The highest BCUT2D eigenvalue weighted by atomic mass is 16.5. The maximum Gasteiger partial charge on any atom is 0.227 e. The number of ether oxygens (including phenoxy) is 1. The van der Waals surface area contributed by atoms with Crippen LogP contribution in [-0.2, 0) is 0 Å². The number of aryl methyl sites for hydroxylation is 3. The molecule has 0 aliphatic rings. The molecule has 19 heavy (non-hydrogen) atoms. The summed E-state index contributed by atoms with van der Waals surface area (Å²) >= 11 is 0. The Bertz CT molecular complexity index is 611. The van der Waals surface area contributed by atoms with E-state index in [0.29, 0.717) is 17.5 Å². The maximum absolute atomic E-state index is 5.82. The molecule has 2 rings (SSSR count). The first kappa shape index (κ1) is 13.3. The van der Waals surface area contributed by atoms with Crippen LogP contribution in [0.4, 0.5) is 5.82 Å². The number of nitrogen functional groups attached to an aromatic ring is 1. The zero-order valence-corrected chi connectivity index (χ0v) is 11.6. The monoisotopic (exact) mass is 258 g/mol. The molecule has 1 aromatic carbocycles. The fourth-order valence-corrected chi connectivity index (χ4v) is 1.73. The number of hydrazine groups is 1. The van der Waals surface area contributed by atoms with Gasteiger partial charge < -0.3 is 10.2 Å². The Labute approximate surface area is 112 Å². The molecular formula is C14H18N4O. The van der Waals surface area contributed by atoms with Gasteiger partial charge in [-0.15, -0.1) is 0 Å². The molecule has 1 aromatic heterocycles. The summed E-state index contributed by atoms with van der Waals surface area (Å²) in [6.07, 6.45) is 0. The molecule has 3 N–H and O–H groups in total. The van der Waals surface area contributed by atoms with Gasteiger partial charge in [0.15, 0.2) is 0 Å². The third-order valence-corrected chi connectivity index (χ3v) is 3.04. The first-order chi connectivity index (χ1) is 9.01. The number of hydrogen-bond donors (Lipinski definition) is 2. The van der Waals surface area contributed by atoms with E-state index in [9.17, 15) is 0 Å². The molecule has 0 atom stereocenters. The van der Waals surface area contributed by atoms with Crippen LogP contribution >= 0.6 is 0 Å². The first-order valence-electron chi connectivity index (χ1n) is 6.08. The molecule has 0 radical (unpaired) electrons. The predicted octanol–water partition coefficient (Wildman–Crippen LogP) is 2.79. The summed E-state index contributed by atoms with van der Waals surface area (Å²) in [5.41, 5.74) is 5.74. The lowest BCUT2D eigenvalue weighted by atomic mass is 10.1. The number of benzene rings is 1. The second-order valence-electron chi connectivity index (χ2n) is 4.54. The standard InChI is InChI=1S/C14H18N4O/c1-8-5-6-12(7-9(8)2)19-14-10(3)13(18-15)16-11(4)17-14/h5-7H,15H2,1-4H3,(H,16,17,18). The Kier molecular flexibility index (Phi) is 3.66. The van der Waals surface area contributed by atoms with Gasteiger partial charge in [-0.3, -0.25) is 0 Å². The van der Waals surface area contributed by atoms with Crippen LogP contribution in [0, 0.1) is 27.7 Å². The summed E-state index contributed by atoms with van der Waals surface area (Å²) in [4.78, 5) is 8.50. The SMILES string of the molecule is Cc1nc(NN)c(C)c(Oc2ccc(C)c(C)c2)n1. The van der Waals surface area contributed by atoms with Crippen molar-refractivity contribution in [3.63, 3.8) is 0 Å². The van der Waals surface area contributed by atoms with Gasteiger partial charge in [0.2, 0.25) is 5.88 Å². The Hall–Kier alpha value is -2.14. The van der Waals surface area contributed by atoms with Crippen LogP contribution in [-0.4, -0.2) is 9.97 Å². The molecular weight excluding hydrogens is 240 g/mol. The fraction of sp³-hybridized carbons (Fsp3) is 0.286. The van der Waals surface area contributed by atoms with Crippen LogP contribution in [0.25, 0.3) is 0 Å². The molecule has 0 saturated heterocycles. The third-order valence-electron chi connectivity index (χ3n) is 3.04. The largest absolute Gasteiger partial charge is 0.439 e. The summed E-state index contributed by atoms with van der Waals surface area (Å²) in [6.45, 7) is 7.78. The fourth-order valence-electron chi connectivity index (χ4n) is 1.73. The van der Waals surface area contributed by atoms with Crippen molar-refractivity contribution >= 4 is 5.82 Å². The van der Waals surface area contributed by atoms with E-state index in [-0.39, 0.29) is 0 Å². The number of aromatic nitrogens is 2. The molecule has 0 saturated carbocycles. The molecule has 0 aliphatic heterocycles. The second-order valence-corrected chi connectivity index (χ2v) is 4.54. The lowest BCUT2D eigenvalue weighted by Crippen LogP contribution is -2.12. The summed E-state index contributed by atoms with van der Waals surface area (Å²) in [7, 11) is 0. The van der Waals surface area contributed by atoms with Gasteiger partial charge in [-0.1, -0.05) is 6.07 Å². The van der Waals surface area contributed by atoms with Crippen LogP contribution in [0.1, 0.15) is 22.5 Å². The van der Waals surface area contributed by atoms with Crippen LogP contribution in [0.5, 0.6) is 11.6 Å². The van der Waals surface area contributed by atoms with E-state index in [1.165, 1.54) is 11.1 Å². The molecule has 0 aliphatic carbocycles. The minimum atomic E-state index is 0.517. The smallest absolute Gasteiger partial charge is 0.227 e. The van der Waals surface area contributed by atoms with Crippen molar-refractivity contribution in [1.82, 2.24) is 9.97 Å². The van der Waals surface area contributed by atoms with E-state index >= 15 is 0 Å². The van der Waals surface area contributed by atoms with Gasteiger partial charge in [0.1, 0.15) is 17.4 Å². The zero-order valence-electron chi connectivity index (χ0n) is 11.6. The average molecular weight is 258 g/mol. The molecule has 0 bridgehead atoms. The minimum absolute atomic E-state index is 0.517. The van der Waals surface area contributed by atoms with E-state index in [4.69, 9.17) is 10.6 Å². The van der Waals surface area contributed by atoms with Crippen molar-refractivity contribution in [2.75, 3.05) is 5.43 Å². The van der Waals surface area contributed by atoms with Gasteiger partial charge in [-0.05, 0) is 51.0 Å². The van der Waals surface area contributed by atoms with Crippen molar-refractivity contribution in [3.8, 4) is 11.6 Å². The van der Waals surface area contributed by atoms with E-state index in [1.807, 2.05) is 32.0 Å². The van der Waals surface area contributed by atoms with E-state index in [1.54, 1.807) is 6.92 Å². The first-order valence-corrected chi connectivity index (χ1v) is 6.08. The molecule has 0 spiro atoms. The average Bonchev–Trinajstić information content (AvgIpc) is 2.37. The number of nitrogens with one attached hydrogen (secondary N) is 1. The number of nitrogens with zero attached hydrogens (tertiary/aromatic N) is 2. The van der Waals surface area contributed by atoms with Crippen LogP contribution in [0.15, 0.2) is 18.2 Å². The van der Waals surface area contributed by atoms with E-state index in [2.05, 4.69) is 22.3 Å². The van der Waals surface area contributed by atoms with Crippen LogP contribution in [0.3, 0.4) is 0 Å². The topological polar surface area (TPSA) is 73.1 Å². The molecule has 2 aromatic rings. The van der Waals surface area contributed by atoms with Gasteiger partial charge in [0, 0.05) is 0 Å². The van der Waals surface area contributed by atoms with E-state index < -0.39 is 0 Å². The minimum Gasteiger partial charge on any atom is -0.439 e. The number of hydrogen-bond acceptors (Lipinski definition) is 5. The quantitative estimate of drug-likeness (QED) is 0.654. The van der Waals surface area contributed by atoms with Gasteiger partial charge in [-0.2, -0.15) is 4.98 Å². The van der Waals surface area contributed by atoms with Crippen LogP contribution in [0.2, 0.25) is 0 Å². The molecule has 0 unspecified atom stereocenters. The van der Waals surface area contributed by atoms with Crippen molar-refractivity contribution in [2.24, 2.45) is 5.84 Å². The predicted molar refractivity (Wildman–Crippen MR) is 75.3 cm³/mol. The summed E-state index contributed by atoms with van der Waals surface area (Å²) in [5.74, 6) is 7.89. The molecule has 5 nitrogen and oxygen atoms in total. The van der Waals surface area contributed by atoms with Crippen molar-refractivity contribution < 1.29 is 4.74 Å². The summed E-state index contributed by atoms with van der Waals surface area (Å²) < 4.78 is 5.82. The summed E-state index contributed by atoms with van der Waals surface area (Å²) in [6, 6.07) is 5.94. The Morgan fingerprint density at radius 3 is 2.42 bits per heavy atom. The molecule has 1 heterocycles. The van der Waals surface area contributed by atoms with Crippen molar-refractivity contribution in [1.29, 1.82) is 0 Å². The third kappa shape index (κ3) is 2.82. The van der Waals surface area contributed by atoms with Crippen molar-refractivity contribution in [2.45, 2.75) is 27.7 Å². The molecule has 0 amide bonds.